The molecule has 0 aliphatic carbocycles. The highest BCUT2D eigenvalue weighted by Crippen LogP contribution is 2.22. The number of nitrogens with zero attached hydrogens (tertiary/aromatic N) is 2. The summed E-state index contributed by atoms with van der Waals surface area (Å²) in [5, 5.41) is 15.7. The molecule has 9 nitrogen and oxygen atoms in total. The maximum absolute atomic E-state index is 12.0. The lowest BCUT2D eigenvalue weighted by molar-refractivity contribution is -0.385. The van der Waals surface area contributed by atoms with Crippen LogP contribution in [0.25, 0.3) is 11.0 Å². The summed E-state index contributed by atoms with van der Waals surface area (Å²) < 4.78 is 10.5. The summed E-state index contributed by atoms with van der Waals surface area (Å²) in [4.78, 5) is 34.0. The van der Waals surface area contributed by atoms with E-state index in [9.17, 15) is 19.7 Å². The Hall–Kier alpha value is -4.01. The first-order valence-electron chi connectivity index (χ1n) is 8.59. The Balaban J connectivity index is 1.66. The molecule has 3 rings (SSSR count). The lowest BCUT2D eigenvalue weighted by Crippen LogP contribution is -2.25. The number of nitro groups is 1. The molecule has 148 valence electrons. The van der Waals surface area contributed by atoms with Crippen molar-refractivity contribution in [2.45, 2.75) is 13.8 Å². The van der Waals surface area contributed by atoms with E-state index in [4.69, 9.17) is 9.15 Å². The summed E-state index contributed by atoms with van der Waals surface area (Å²) in [5.74, 6) is -0.200. The zero-order chi connectivity index (χ0) is 21.0. The second-order valence-corrected chi connectivity index (χ2v) is 6.20. The molecule has 0 spiro atoms. The predicted molar refractivity (Wildman–Crippen MR) is 106 cm³/mol. The maximum Gasteiger partial charge on any atom is 0.336 e. The molecular weight excluding hydrogens is 378 g/mol. The van der Waals surface area contributed by atoms with Crippen molar-refractivity contribution in [2.24, 2.45) is 5.10 Å². The molecule has 29 heavy (non-hydrogen) atoms. The molecule has 1 N–H and O–H groups in total. The van der Waals surface area contributed by atoms with Crippen molar-refractivity contribution < 1.29 is 18.9 Å². The van der Waals surface area contributed by atoms with Gasteiger partial charge in [-0.05, 0) is 37.6 Å². The van der Waals surface area contributed by atoms with Crippen molar-refractivity contribution in [3.63, 3.8) is 0 Å². The van der Waals surface area contributed by atoms with Gasteiger partial charge in [0.25, 0.3) is 11.6 Å². The van der Waals surface area contributed by atoms with E-state index in [1.807, 2.05) is 0 Å². The minimum atomic E-state index is -0.547. The lowest BCUT2D eigenvalue weighted by atomic mass is 10.1. The smallest absolute Gasteiger partial charge is 0.336 e. The SMILES string of the molecule is C/C(=N/NC(=O)COc1ccc2c(C)cc(=O)oc2c1)c1ccccc1[N+](=O)[O-]. The van der Waals surface area contributed by atoms with Crippen molar-refractivity contribution in [3.8, 4) is 5.75 Å². The lowest BCUT2D eigenvalue weighted by Gasteiger charge is -2.07. The summed E-state index contributed by atoms with van der Waals surface area (Å²) in [6.45, 7) is 3.01. The molecule has 0 aliphatic rings. The van der Waals surface area contributed by atoms with Crippen LogP contribution < -0.4 is 15.8 Å². The fourth-order valence-corrected chi connectivity index (χ4v) is 2.72. The van der Waals surface area contributed by atoms with Crippen LogP contribution in [0.1, 0.15) is 18.1 Å². The minimum Gasteiger partial charge on any atom is -0.484 e. The number of aryl methyl sites for hydroxylation is 1. The number of amides is 1. The number of carbonyl (C=O) groups is 1. The largest absolute Gasteiger partial charge is 0.484 e. The quantitative estimate of drug-likeness (QED) is 0.296. The zero-order valence-corrected chi connectivity index (χ0v) is 15.7. The normalized spacial score (nSPS) is 11.3. The van der Waals surface area contributed by atoms with E-state index in [0.717, 1.165) is 10.9 Å². The second kappa shape index (κ2) is 8.34. The Kier molecular flexibility index (Phi) is 5.68. The van der Waals surface area contributed by atoms with Crippen molar-refractivity contribution in [1.29, 1.82) is 0 Å². The number of nitrogens with one attached hydrogen (secondary N) is 1. The third-order valence-corrected chi connectivity index (χ3v) is 4.13. The molecule has 0 aliphatic heterocycles. The number of nitro benzene ring substituents is 1. The fraction of sp³-hybridized carbons (Fsp3) is 0.150. The number of hydrogen-bond acceptors (Lipinski definition) is 7. The van der Waals surface area contributed by atoms with Gasteiger partial charge in [-0.3, -0.25) is 14.9 Å². The molecule has 2 aromatic carbocycles. The van der Waals surface area contributed by atoms with Crippen LogP contribution in [0.5, 0.6) is 5.75 Å². The molecular formula is C20H17N3O6. The van der Waals surface area contributed by atoms with Gasteiger partial charge in [0.05, 0.1) is 16.2 Å². The molecule has 0 radical (unpaired) electrons. The van der Waals surface area contributed by atoms with Gasteiger partial charge in [-0.15, -0.1) is 0 Å². The number of hydrazone groups is 1. The van der Waals surface area contributed by atoms with Crippen LogP contribution in [0.2, 0.25) is 0 Å². The number of carbonyl (C=O) groups excluding carboxylic acids is 1. The van der Waals surface area contributed by atoms with Crippen molar-refractivity contribution in [2.75, 3.05) is 6.61 Å². The Bertz CT molecular complexity index is 1180. The molecule has 9 heteroatoms. The summed E-state index contributed by atoms with van der Waals surface area (Å²) in [6.07, 6.45) is 0. The zero-order valence-electron chi connectivity index (χ0n) is 15.7. The fourth-order valence-electron chi connectivity index (χ4n) is 2.72. The number of para-hydroxylation sites is 1. The third-order valence-electron chi connectivity index (χ3n) is 4.13. The van der Waals surface area contributed by atoms with Crippen LogP contribution in [0.3, 0.4) is 0 Å². The highest BCUT2D eigenvalue weighted by molar-refractivity contribution is 6.02. The first kappa shape index (κ1) is 19.7. The first-order chi connectivity index (χ1) is 13.8. The predicted octanol–water partition coefficient (Wildman–Crippen LogP) is 2.93. The van der Waals surface area contributed by atoms with Crippen molar-refractivity contribution in [3.05, 3.63) is 80.2 Å². The molecule has 0 saturated carbocycles. The summed E-state index contributed by atoms with van der Waals surface area (Å²) >= 11 is 0. The molecule has 3 aromatic rings. The van der Waals surface area contributed by atoms with Crippen LogP contribution >= 0.6 is 0 Å². The average molecular weight is 395 g/mol. The van der Waals surface area contributed by atoms with Gasteiger partial charge >= 0.3 is 5.63 Å². The van der Waals surface area contributed by atoms with Gasteiger partial charge in [-0.2, -0.15) is 5.10 Å². The highest BCUT2D eigenvalue weighted by atomic mass is 16.6. The van der Waals surface area contributed by atoms with E-state index in [2.05, 4.69) is 10.5 Å². The monoisotopic (exact) mass is 395 g/mol. The van der Waals surface area contributed by atoms with Gasteiger partial charge < -0.3 is 9.15 Å². The Morgan fingerprint density at radius 3 is 2.76 bits per heavy atom. The van der Waals surface area contributed by atoms with Gasteiger partial charge in [-0.1, -0.05) is 12.1 Å². The first-order valence-corrected chi connectivity index (χ1v) is 8.59. The Labute approximate surface area is 164 Å². The van der Waals surface area contributed by atoms with E-state index < -0.39 is 16.5 Å². The van der Waals surface area contributed by atoms with E-state index >= 15 is 0 Å². The van der Waals surface area contributed by atoms with Gasteiger partial charge in [0, 0.05) is 23.6 Å². The topological polar surface area (TPSA) is 124 Å². The van der Waals surface area contributed by atoms with Gasteiger partial charge in [0.1, 0.15) is 11.3 Å². The van der Waals surface area contributed by atoms with E-state index in [0.29, 0.717) is 16.9 Å². The molecule has 0 atom stereocenters. The van der Waals surface area contributed by atoms with Crippen molar-refractivity contribution >= 4 is 28.3 Å². The number of hydrogen-bond donors (Lipinski definition) is 1. The van der Waals surface area contributed by atoms with Crippen LogP contribution in [-0.4, -0.2) is 23.1 Å². The molecule has 0 unspecified atom stereocenters. The van der Waals surface area contributed by atoms with Crippen LogP contribution in [0.4, 0.5) is 5.69 Å². The van der Waals surface area contributed by atoms with Gasteiger partial charge in [0.15, 0.2) is 6.61 Å². The summed E-state index contributed by atoms with van der Waals surface area (Å²) in [5.41, 5.74) is 3.46. The summed E-state index contributed by atoms with van der Waals surface area (Å²) in [6, 6.07) is 12.4. The molecule has 1 aromatic heterocycles. The van der Waals surface area contributed by atoms with Crippen LogP contribution in [-0.2, 0) is 4.79 Å². The Morgan fingerprint density at radius 1 is 1.24 bits per heavy atom. The van der Waals surface area contributed by atoms with Crippen LogP contribution in [0, 0.1) is 17.0 Å². The molecule has 1 heterocycles. The molecule has 0 saturated heterocycles. The van der Waals surface area contributed by atoms with Gasteiger partial charge in [-0.25, -0.2) is 10.2 Å². The minimum absolute atomic E-state index is 0.104. The highest BCUT2D eigenvalue weighted by Gasteiger charge is 2.15. The molecule has 1 amide bonds. The average Bonchev–Trinajstić information content (AvgIpc) is 2.70. The maximum atomic E-state index is 12.0. The van der Waals surface area contributed by atoms with Crippen molar-refractivity contribution in [1.82, 2.24) is 5.43 Å². The number of fused-ring (bicyclic) bond motifs is 1. The Morgan fingerprint density at radius 2 is 2.00 bits per heavy atom. The van der Waals surface area contributed by atoms with Gasteiger partial charge in [0.2, 0.25) is 0 Å². The number of ether oxygens (including phenoxy) is 1. The van der Waals surface area contributed by atoms with E-state index in [1.54, 1.807) is 44.2 Å². The third kappa shape index (κ3) is 4.64. The van der Waals surface area contributed by atoms with E-state index in [-0.39, 0.29) is 18.0 Å². The summed E-state index contributed by atoms with van der Waals surface area (Å²) in [7, 11) is 0. The molecule has 0 fully saturated rings. The molecule has 0 bridgehead atoms. The second-order valence-electron chi connectivity index (χ2n) is 6.20. The number of rotatable bonds is 6. The van der Waals surface area contributed by atoms with Crippen LogP contribution in [0.15, 0.2) is 62.8 Å². The van der Waals surface area contributed by atoms with E-state index in [1.165, 1.54) is 18.2 Å². The standard InChI is InChI=1S/C20H17N3O6/c1-12-9-20(25)29-18-10-14(7-8-15(12)18)28-11-19(24)22-21-13(2)16-5-3-4-6-17(16)23(26)27/h3-10H,11H2,1-2H3,(H,22,24)/b21-13-. The number of benzene rings is 2.